The third-order valence-electron chi connectivity index (χ3n) is 2.82. The Labute approximate surface area is 101 Å². The molecule has 0 spiro atoms. The van der Waals surface area contributed by atoms with Gasteiger partial charge >= 0.3 is 0 Å². The lowest BCUT2D eigenvalue weighted by Gasteiger charge is -2.12. The topological polar surface area (TPSA) is 66.9 Å². The summed E-state index contributed by atoms with van der Waals surface area (Å²) in [7, 11) is 0. The second-order valence-corrected chi connectivity index (χ2v) is 4.49. The average molecular weight is 234 g/mol. The van der Waals surface area contributed by atoms with Crippen molar-refractivity contribution in [2.75, 3.05) is 5.32 Å². The van der Waals surface area contributed by atoms with Gasteiger partial charge in [0.1, 0.15) is 17.8 Å². The lowest BCUT2D eigenvalue weighted by Crippen LogP contribution is -2.26. The molecule has 0 aliphatic heterocycles. The number of rotatable bonds is 5. The number of aromatic nitrogens is 2. The number of carbonyl (C=O) groups excluding carboxylic acids is 1. The molecule has 2 rings (SSSR count). The first-order chi connectivity index (χ1) is 8.19. The zero-order chi connectivity index (χ0) is 12.3. The van der Waals surface area contributed by atoms with E-state index in [1.807, 2.05) is 0 Å². The summed E-state index contributed by atoms with van der Waals surface area (Å²) in [6.45, 7) is 4.17. The van der Waals surface area contributed by atoms with Gasteiger partial charge < -0.3 is 10.6 Å². The Balaban J connectivity index is 2.01. The zero-order valence-electron chi connectivity index (χ0n) is 10.2. The molecular weight excluding hydrogens is 216 g/mol. The van der Waals surface area contributed by atoms with E-state index < -0.39 is 0 Å². The second kappa shape index (κ2) is 5.12. The molecule has 1 aromatic rings. The van der Waals surface area contributed by atoms with Crippen LogP contribution in [0.3, 0.4) is 0 Å². The van der Waals surface area contributed by atoms with Gasteiger partial charge in [0.15, 0.2) is 0 Å². The molecule has 2 N–H and O–H groups in total. The molecule has 1 aliphatic carbocycles. The van der Waals surface area contributed by atoms with Crippen molar-refractivity contribution in [3.63, 3.8) is 0 Å². The molecule has 5 nitrogen and oxygen atoms in total. The highest BCUT2D eigenvalue weighted by atomic mass is 16.2. The number of nitrogens with one attached hydrogen (secondary N) is 2. The Morgan fingerprint density at radius 2 is 2.29 bits per heavy atom. The van der Waals surface area contributed by atoms with Crippen LogP contribution in [0.1, 0.15) is 43.6 Å². The summed E-state index contributed by atoms with van der Waals surface area (Å²) >= 11 is 0. The first kappa shape index (κ1) is 11.8. The summed E-state index contributed by atoms with van der Waals surface area (Å²) < 4.78 is 0. The fourth-order valence-corrected chi connectivity index (χ4v) is 1.40. The van der Waals surface area contributed by atoms with Crippen molar-refractivity contribution < 1.29 is 4.79 Å². The van der Waals surface area contributed by atoms with Crippen LogP contribution in [-0.4, -0.2) is 28.0 Å². The van der Waals surface area contributed by atoms with E-state index in [-0.39, 0.29) is 5.91 Å². The number of amides is 1. The maximum atomic E-state index is 11.8. The molecule has 0 bridgehead atoms. The predicted octanol–water partition coefficient (Wildman–Crippen LogP) is 1.58. The van der Waals surface area contributed by atoms with E-state index in [9.17, 15) is 4.79 Å². The maximum Gasteiger partial charge on any atom is 0.270 e. The van der Waals surface area contributed by atoms with Gasteiger partial charge in [-0.15, -0.1) is 0 Å². The SMILES string of the molecule is CCC(C)Nc1cc(C(=O)NC2CC2)ncn1. The Hall–Kier alpha value is -1.65. The molecule has 92 valence electrons. The lowest BCUT2D eigenvalue weighted by molar-refractivity contribution is 0.0946. The Kier molecular flexibility index (Phi) is 3.56. The molecule has 1 aromatic heterocycles. The van der Waals surface area contributed by atoms with E-state index in [4.69, 9.17) is 0 Å². The van der Waals surface area contributed by atoms with Gasteiger partial charge in [0.05, 0.1) is 0 Å². The minimum atomic E-state index is -0.109. The normalized spacial score (nSPS) is 16.4. The molecular formula is C12H18N4O. The Bertz CT molecular complexity index is 403. The monoisotopic (exact) mass is 234 g/mol. The van der Waals surface area contributed by atoms with Gasteiger partial charge in [-0.1, -0.05) is 6.92 Å². The molecule has 0 aromatic carbocycles. The number of anilines is 1. The summed E-state index contributed by atoms with van der Waals surface area (Å²) in [4.78, 5) is 19.9. The molecule has 1 saturated carbocycles. The summed E-state index contributed by atoms with van der Waals surface area (Å²) in [6, 6.07) is 2.39. The second-order valence-electron chi connectivity index (χ2n) is 4.49. The van der Waals surface area contributed by atoms with Crippen molar-refractivity contribution in [3.8, 4) is 0 Å². The molecule has 1 fully saturated rings. The largest absolute Gasteiger partial charge is 0.368 e. The smallest absolute Gasteiger partial charge is 0.270 e. The summed E-state index contributed by atoms with van der Waals surface area (Å²) in [5.74, 6) is 0.595. The number of hydrogen-bond acceptors (Lipinski definition) is 4. The molecule has 1 amide bonds. The Morgan fingerprint density at radius 1 is 1.53 bits per heavy atom. The maximum absolute atomic E-state index is 11.8. The van der Waals surface area contributed by atoms with Gasteiger partial charge in [-0.25, -0.2) is 9.97 Å². The van der Waals surface area contributed by atoms with Crippen LogP contribution in [0.4, 0.5) is 5.82 Å². The minimum Gasteiger partial charge on any atom is -0.368 e. The van der Waals surface area contributed by atoms with Crippen LogP contribution < -0.4 is 10.6 Å². The van der Waals surface area contributed by atoms with Crippen LogP contribution in [0.5, 0.6) is 0 Å². The molecule has 17 heavy (non-hydrogen) atoms. The van der Waals surface area contributed by atoms with Gasteiger partial charge in [-0.3, -0.25) is 4.79 Å². The van der Waals surface area contributed by atoms with E-state index in [0.717, 1.165) is 19.3 Å². The van der Waals surface area contributed by atoms with E-state index in [1.165, 1.54) is 6.33 Å². The van der Waals surface area contributed by atoms with Crippen LogP contribution in [-0.2, 0) is 0 Å². The highest BCUT2D eigenvalue weighted by Crippen LogP contribution is 2.19. The number of carbonyl (C=O) groups is 1. The fourth-order valence-electron chi connectivity index (χ4n) is 1.40. The van der Waals surface area contributed by atoms with Crippen molar-refractivity contribution in [3.05, 3.63) is 18.1 Å². The third kappa shape index (κ3) is 3.41. The van der Waals surface area contributed by atoms with Crippen LogP contribution in [0.25, 0.3) is 0 Å². The highest BCUT2D eigenvalue weighted by molar-refractivity contribution is 5.93. The van der Waals surface area contributed by atoms with Crippen molar-refractivity contribution in [2.45, 2.75) is 45.2 Å². The van der Waals surface area contributed by atoms with E-state index in [2.05, 4.69) is 34.4 Å². The lowest BCUT2D eigenvalue weighted by atomic mass is 10.2. The first-order valence-electron chi connectivity index (χ1n) is 6.08. The molecule has 1 aliphatic rings. The third-order valence-corrected chi connectivity index (χ3v) is 2.82. The van der Waals surface area contributed by atoms with Gasteiger partial charge in [-0.2, -0.15) is 0 Å². The van der Waals surface area contributed by atoms with Crippen LogP contribution >= 0.6 is 0 Å². The van der Waals surface area contributed by atoms with Crippen LogP contribution in [0.15, 0.2) is 12.4 Å². The van der Waals surface area contributed by atoms with Crippen molar-refractivity contribution in [1.82, 2.24) is 15.3 Å². The van der Waals surface area contributed by atoms with Gasteiger partial charge in [0.2, 0.25) is 0 Å². The van der Waals surface area contributed by atoms with E-state index in [0.29, 0.717) is 23.6 Å². The molecule has 0 radical (unpaired) electrons. The quantitative estimate of drug-likeness (QED) is 0.811. The minimum absolute atomic E-state index is 0.109. The molecule has 1 unspecified atom stereocenters. The average Bonchev–Trinajstić information content (AvgIpc) is 3.13. The molecule has 1 heterocycles. The van der Waals surface area contributed by atoms with E-state index >= 15 is 0 Å². The van der Waals surface area contributed by atoms with Crippen LogP contribution in [0.2, 0.25) is 0 Å². The van der Waals surface area contributed by atoms with Gasteiger partial charge in [0, 0.05) is 18.2 Å². The van der Waals surface area contributed by atoms with Crippen molar-refractivity contribution in [1.29, 1.82) is 0 Å². The van der Waals surface area contributed by atoms with E-state index in [1.54, 1.807) is 6.07 Å². The molecule has 1 atom stereocenters. The zero-order valence-corrected chi connectivity index (χ0v) is 10.2. The number of nitrogens with zero attached hydrogens (tertiary/aromatic N) is 2. The highest BCUT2D eigenvalue weighted by Gasteiger charge is 2.24. The molecule has 5 heteroatoms. The standard InChI is InChI=1S/C12H18N4O/c1-3-8(2)15-11-6-10(13-7-14-11)12(17)16-9-4-5-9/h6-9H,3-5H2,1-2H3,(H,16,17)(H,13,14,15). The first-order valence-corrected chi connectivity index (χ1v) is 6.08. The summed E-state index contributed by atoms with van der Waals surface area (Å²) in [6.07, 6.45) is 4.59. The Morgan fingerprint density at radius 3 is 2.94 bits per heavy atom. The van der Waals surface area contributed by atoms with Crippen molar-refractivity contribution in [2.24, 2.45) is 0 Å². The van der Waals surface area contributed by atoms with Crippen LogP contribution in [0, 0.1) is 0 Å². The summed E-state index contributed by atoms with van der Waals surface area (Å²) in [5.41, 5.74) is 0.428. The fraction of sp³-hybridized carbons (Fsp3) is 0.583. The summed E-state index contributed by atoms with van der Waals surface area (Å²) in [5, 5.41) is 6.13. The van der Waals surface area contributed by atoms with Crippen molar-refractivity contribution >= 4 is 11.7 Å². The van der Waals surface area contributed by atoms with Gasteiger partial charge in [-0.05, 0) is 26.2 Å². The number of hydrogen-bond donors (Lipinski definition) is 2. The molecule has 0 saturated heterocycles. The van der Waals surface area contributed by atoms with Gasteiger partial charge in [0.25, 0.3) is 5.91 Å². The predicted molar refractivity (Wildman–Crippen MR) is 65.9 cm³/mol.